The summed E-state index contributed by atoms with van der Waals surface area (Å²) in [6.45, 7) is 4.94. The Morgan fingerprint density at radius 3 is 2.12 bits per heavy atom. The molecular weight excluding hydrogens is 405 g/mol. The zero-order valence-electron chi connectivity index (χ0n) is 13.8. The molecule has 4 nitrogen and oxygen atoms in total. The number of sulfonamides is 1. The Morgan fingerprint density at radius 2 is 1.60 bits per heavy atom. The minimum Gasteiger partial charge on any atom is -0.279 e. The molecule has 0 bridgehead atoms. The van der Waals surface area contributed by atoms with Gasteiger partial charge in [0.2, 0.25) is 5.24 Å². The highest BCUT2D eigenvalue weighted by molar-refractivity contribution is 7.93. The van der Waals surface area contributed by atoms with Crippen molar-refractivity contribution in [1.29, 1.82) is 0 Å². The predicted molar refractivity (Wildman–Crippen MR) is 103 cm³/mol. The largest absolute Gasteiger partial charge is 0.279 e. The van der Waals surface area contributed by atoms with Crippen molar-refractivity contribution in [3.05, 3.63) is 57.1 Å². The van der Waals surface area contributed by atoms with Crippen LogP contribution in [-0.4, -0.2) is 20.2 Å². The molecule has 0 spiro atoms. The summed E-state index contributed by atoms with van der Waals surface area (Å²) in [4.78, 5) is 11.4. The van der Waals surface area contributed by atoms with Gasteiger partial charge in [-0.15, -0.1) is 0 Å². The van der Waals surface area contributed by atoms with Crippen molar-refractivity contribution >= 4 is 55.8 Å². The van der Waals surface area contributed by atoms with Crippen molar-refractivity contribution in [1.82, 2.24) is 0 Å². The lowest BCUT2D eigenvalue weighted by Crippen LogP contribution is -2.35. The topological polar surface area (TPSA) is 54.5 Å². The SMILES string of the molecule is Cc1cc(C)c(N(CC(=O)Cl)S(=O)(=O)c2cc(Cl)ccc2Cl)c(C)c1. The van der Waals surface area contributed by atoms with Crippen LogP contribution in [0.5, 0.6) is 0 Å². The summed E-state index contributed by atoms with van der Waals surface area (Å²) < 4.78 is 27.4. The number of aryl methyl sites for hydroxylation is 3. The molecule has 0 aromatic heterocycles. The second kappa shape index (κ2) is 7.54. The average molecular weight is 421 g/mol. The summed E-state index contributed by atoms with van der Waals surface area (Å²) in [5.74, 6) is 0. The highest BCUT2D eigenvalue weighted by Crippen LogP contribution is 2.34. The first-order chi connectivity index (χ1) is 11.5. The minimum atomic E-state index is -4.15. The van der Waals surface area contributed by atoms with Gasteiger partial charge in [0.25, 0.3) is 10.0 Å². The van der Waals surface area contributed by atoms with E-state index in [0.717, 1.165) is 9.87 Å². The quantitative estimate of drug-likeness (QED) is 0.648. The Labute approximate surface area is 162 Å². The summed E-state index contributed by atoms with van der Waals surface area (Å²) >= 11 is 17.5. The van der Waals surface area contributed by atoms with E-state index in [1.165, 1.54) is 18.2 Å². The molecule has 0 radical (unpaired) electrons. The minimum absolute atomic E-state index is 0.0128. The molecule has 0 unspecified atom stereocenters. The lowest BCUT2D eigenvalue weighted by atomic mass is 10.1. The van der Waals surface area contributed by atoms with Crippen LogP contribution < -0.4 is 4.31 Å². The first kappa shape index (κ1) is 20.0. The van der Waals surface area contributed by atoms with Crippen molar-refractivity contribution in [3.63, 3.8) is 0 Å². The molecular formula is C17H16Cl3NO3S. The molecule has 0 aliphatic carbocycles. The molecule has 0 heterocycles. The second-order valence-electron chi connectivity index (χ2n) is 5.69. The Kier molecular flexibility index (Phi) is 6.05. The summed E-state index contributed by atoms with van der Waals surface area (Å²) in [7, 11) is -4.15. The number of hydrogen-bond acceptors (Lipinski definition) is 3. The van der Waals surface area contributed by atoms with Gasteiger partial charge in [0.05, 0.1) is 10.7 Å². The summed E-state index contributed by atoms with van der Waals surface area (Å²) in [6.07, 6.45) is 0. The Hall–Kier alpha value is -1.27. The van der Waals surface area contributed by atoms with Crippen LogP contribution >= 0.6 is 34.8 Å². The van der Waals surface area contributed by atoms with Crippen LogP contribution in [0.4, 0.5) is 5.69 Å². The number of benzene rings is 2. The van der Waals surface area contributed by atoms with Crippen molar-refractivity contribution in [3.8, 4) is 0 Å². The van der Waals surface area contributed by atoms with Crippen molar-refractivity contribution < 1.29 is 13.2 Å². The zero-order chi connectivity index (χ0) is 18.9. The highest BCUT2D eigenvalue weighted by atomic mass is 35.5. The number of carbonyl (C=O) groups is 1. The summed E-state index contributed by atoms with van der Waals surface area (Å²) in [5.41, 5.74) is 2.79. The summed E-state index contributed by atoms with van der Waals surface area (Å²) in [5, 5.41) is -0.572. The smallest absolute Gasteiger partial charge is 0.266 e. The molecule has 2 rings (SSSR count). The van der Waals surface area contributed by atoms with Crippen LogP contribution in [0.2, 0.25) is 10.0 Å². The Balaban J connectivity index is 2.74. The standard InChI is InChI=1S/C17H16Cl3NO3S/c1-10-6-11(2)17(12(3)7-10)21(9-16(20)22)25(23,24)15-8-13(18)4-5-14(15)19/h4-8H,9H2,1-3H3. The molecule has 0 amide bonds. The molecule has 0 N–H and O–H groups in total. The van der Waals surface area contributed by atoms with E-state index in [1.54, 1.807) is 13.8 Å². The maximum absolute atomic E-state index is 13.2. The third-order valence-corrected chi connectivity index (χ3v) is 6.20. The van der Waals surface area contributed by atoms with E-state index in [2.05, 4.69) is 0 Å². The van der Waals surface area contributed by atoms with Gasteiger partial charge in [-0.25, -0.2) is 8.42 Å². The van der Waals surface area contributed by atoms with Gasteiger partial charge < -0.3 is 0 Å². The van der Waals surface area contributed by atoms with Crippen LogP contribution in [0.3, 0.4) is 0 Å². The third kappa shape index (κ3) is 4.29. The van der Waals surface area contributed by atoms with Crippen molar-refractivity contribution in [2.24, 2.45) is 0 Å². The van der Waals surface area contributed by atoms with Crippen molar-refractivity contribution in [2.45, 2.75) is 25.7 Å². The van der Waals surface area contributed by atoms with E-state index in [0.29, 0.717) is 16.8 Å². The molecule has 134 valence electrons. The monoisotopic (exact) mass is 419 g/mol. The highest BCUT2D eigenvalue weighted by Gasteiger charge is 2.31. The van der Waals surface area contributed by atoms with Gasteiger partial charge in [0, 0.05) is 5.02 Å². The van der Waals surface area contributed by atoms with Gasteiger partial charge in [-0.1, -0.05) is 40.9 Å². The Bertz CT molecular complexity index is 919. The first-order valence-corrected chi connectivity index (χ1v) is 9.85. The maximum atomic E-state index is 13.2. The molecule has 0 saturated heterocycles. The van der Waals surface area contributed by atoms with Gasteiger partial charge in [-0.2, -0.15) is 0 Å². The Morgan fingerprint density at radius 1 is 1.04 bits per heavy atom. The van der Waals surface area contributed by atoms with Gasteiger partial charge in [0.15, 0.2) is 0 Å². The fraction of sp³-hybridized carbons (Fsp3) is 0.235. The number of carbonyl (C=O) groups excluding carboxylic acids is 1. The molecule has 2 aromatic rings. The lowest BCUT2D eigenvalue weighted by Gasteiger charge is -2.27. The van der Waals surface area contributed by atoms with Crippen LogP contribution in [0.25, 0.3) is 0 Å². The van der Waals surface area contributed by atoms with E-state index in [9.17, 15) is 13.2 Å². The molecule has 0 saturated carbocycles. The third-order valence-electron chi connectivity index (χ3n) is 3.61. The first-order valence-electron chi connectivity index (χ1n) is 7.28. The van der Waals surface area contributed by atoms with E-state index >= 15 is 0 Å². The normalized spacial score (nSPS) is 11.4. The van der Waals surface area contributed by atoms with Crippen LogP contribution in [0.1, 0.15) is 16.7 Å². The number of halogens is 3. The average Bonchev–Trinajstić information content (AvgIpc) is 2.47. The van der Waals surface area contributed by atoms with E-state index in [1.807, 2.05) is 19.1 Å². The van der Waals surface area contributed by atoms with E-state index < -0.39 is 21.8 Å². The van der Waals surface area contributed by atoms with Crippen LogP contribution in [-0.2, 0) is 14.8 Å². The number of hydrogen-bond donors (Lipinski definition) is 0. The molecule has 0 aliphatic rings. The zero-order valence-corrected chi connectivity index (χ0v) is 16.9. The number of nitrogens with zero attached hydrogens (tertiary/aromatic N) is 1. The van der Waals surface area contributed by atoms with Crippen LogP contribution in [0.15, 0.2) is 35.2 Å². The second-order valence-corrected chi connectivity index (χ2v) is 8.78. The maximum Gasteiger partial charge on any atom is 0.266 e. The van der Waals surface area contributed by atoms with E-state index in [-0.39, 0.29) is 14.9 Å². The molecule has 0 atom stereocenters. The number of anilines is 1. The fourth-order valence-corrected chi connectivity index (χ4v) is 5.24. The van der Waals surface area contributed by atoms with Crippen molar-refractivity contribution in [2.75, 3.05) is 10.8 Å². The fourth-order valence-electron chi connectivity index (χ4n) is 2.76. The molecule has 8 heteroatoms. The summed E-state index contributed by atoms with van der Waals surface area (Å²) in [6, 6.07) is 7.81. The van der Waals surface area contributed by atoms with Gasteiger partial charge >= 0.3 is 0 Å². The lowest BCUT2D eigenvalue weighted by molar-refractivity contribution is -0.110. The number of rotatable bonds is 5. The van der Waals surface area contributed by atoms with Gasteiger partial charge in [-0.05, 0) is 61.7 Å². The van der Waals surface area contributed by atoms with E-state index in [4.69, 9.17) is 34.8 Å². The molecule has 2 aromatic carbocycles. The predicted octanol–water partition coefficient (Wildman–Crippen LogP) is 4.88. The van der Waals surface area contributed by atoms with Gasteiger partial charge in [0.1, 0.15) is 11.4 Å². The van der Waals surface area contributed by atoms with Crippen LogP contribution in [0, 0.1) is 20.8 Å². The molecule has 0 fully saturated rings. The molecule has 0 aliphatic heterocycles. The molecule has 25 heavy (non-hydrogen) atoms. The van der Waals surface area contributed by atoms with Gasteiger partial charge in [-0.3, -0.25) is 9.10 Å².